The molecule has 2 nitrogen and oxygen atoms in total. The van der Waals surface area contributed by atoms with Crippen LogP contribution >= 0.6 is 0 Å². The Kier molecular flexibility index (Phi) is 3.03. The van der Waals surface area contributed by atoms with Gasteiger partial charge in [0.05, 0.1) is 12.7 Å². The van der Waals surface area contributed by atoms with Crippen LogP contribution in [0.2, 0.25) is 0 Å². The Balaban J connectivity index is 2.60. The SMILES string of the molecule is COCC1(C(C)(C)C)CC(OC)C1. The molecule has 1 saturated carbocycles. The Morgan fingerprint density at radius 1 is 1.23 bits per heavy atom. The van der Waals surface area contributed by atoms with Crippen molar-refractivity contribution in [3.8, 4) is 0 Å². The smallest absolute Gasteiger partial charge is 0.0584 e. The van der Waals surface area contributed by atoms with Crippen molar-refractivity contribution >= 4 is 0 Å². The second-order valence-electron chi connectivity index (χ2n) is 5.23. The maximum atomic E-state index is 5.33. The van der Waals surface area contributed by atoms with Crippen molar-refractivity contribution in [3.05, 3.63) is 0 Å². The van der Waals surface area contributed by atoms with Gasteiger partial charge < -0.3 is 9.47 Å². The molecule has 0 N–H and O–H groups in total. The van der Waals surface area contributed by atoms with Crippen LogP contribution in [0.1, 0.15) is 33.6 Å². The molecule has 0 aromatic heterocycles. The minimum Gasteiger partial charge on any atom is -0.384 e. The number of ether oxygens (including phenoxy) is 2. The lowest BCUT2D eigenvalue weighted by atomic mass is 9.54. The van der Waals surface area contributed by atoms with Gasteiger partial charge in [0, 0.05) is 19.6 Å². The summed E-state index contributed by atoms with van der Waals surface area (Å²) in [6, 6.07) is 0. The highest BCUT2D eigenvalue weighted by atomic mass is 16.5. The molecule has 2 heteroatoms. The Labute approximate surface area is 81.6 Å². The van der Waals surface area contributed by atoms with E-state index in [1.807, 2.05) is 0 Å². The van der Waals surface area contributed by atoms with Crippen LogP contribution in [-0.4, -0.2) is 26.9 Å². The predicted octanol–water partition coefficient (Wildman–Crippen LogP) is 2.47. The van der Waals surface area contributed by atoms with E-state index in [0.717, 1.165) is 19.4 Å². The maximum absolute atomic E-state index is 5.33. The molecule has 0 aromatic rings. The Morgan fingerprint density at radius 2 is 1.77 bits per heavy atom. The van der Waals surface area contributed by atoms with Crippen LogP contribution in [0.3, 0.4) is 0 Å². The summed E-state index contributed by atoms with van der Waals surface area (Å²) in [5, 5.41) is 0. The van der Waals surface area contributed by atoms with Gasteiger partial charge in [-0.2, -0.15) is 0 Å². The molecule has 0 saturated heterocycles. The Morgan fingerprint density at radius 3 is 2.08 bits per heavy atom. The monoisotopic (exact) mass is 186 g/mol. The van der Waals surface area contributed by atoms with Crippen molar-refractivity contribution in [2.45, 2.75) is 39.7 Å². The average Bonchev–Trinajstić information content (AvgIpc) is 1.93. The molecule has 1 rings (SSSR count). The molecule has 1 aliphatic carbocycles. The molecular weight excluding hydrogens is 164 g/mol. The van der Waals surface area contributed by atoms with E-state index < -0.39 is 0 Å². The molecule has 1 aliphatic rings. The van der Waals surface area contributed by atoms with Gasteiger partial charge in [-0.05, 0) is 18.3 Å². The molecule has 0 amide bonds. The maximum Gasteiger partial charge on any atom is 0.0584 e. The van der Waals surface area contributed by atoms with Crippen molar-refractivity contribution in [1.82, 2.24) is 0 Å². The summed E-state index contributed by atoms with van der Waals surface area (Å²) in [7, 11) is 3.58. The minimum absolute atomic E-state index is 0.318. The van der Waals surface area contributed by atoms with Crippen molar-refractivity contribution in [2.75, 3.05) is 20.8 Å². The summed E-state index contributed by atoms with van der Waals surface area (Å²) in [5.74, 6) is 0. The molecular formula is C11H22O2. The van der Waals surface area contributed by atoms with Gasteiger partial charge in [-0.3, -0.25) is 0 Å². The van der Waals surface area contributed by atoms with E-state index in [4.69, 9.17) is 9.47 Å². The summed E-state index contributed by atoms with van der Waals surface area (Å²) in [5.41, 5.74) is 0.653. The first kappa shape index (κ1) is 11.0. The van der Waals surface area contributed by atoms with Crippen molar-refractivity contribution in [3.63, 3.8) is 0 Å². The fourth-order valence-electron chi connectivity index (χ4n) is 2.20. The molecule has 78 valence electrons. The number of hydrogen-bond donors (Lipinski definition) is 0. The first-order valence-electron chi connectivity index (χ1n) is 4.97. The van der Waals surface area contributed by atoms with E-state index in [2.05, 4.69) is 20.8 Å². The van der Waals surface area contributed by atoms with Gasteiger partial charge in [-0.1, -0.05) is 20.8 Å². The van der Waals surface area contributed by atoms with Crippen LogP contribution in [0.5, 0.6) is 0 Å². The van der Waals surface area contributed by atoms with Crippen molar-refractivity contribution < 1.29 is 9.47 Å². The van der Waals surface area contributed by atoms with Crippen LogP contribution in [0.15, 0.2) is 0 Å². The van der Waals surface area contributed by atoms with Crippen LogP contribution < -0.4 is 0 Å². The van der Waals surface area contributed by atoms with Gasteiger partial charge in [-0.25, -0.2) is 0 Å². The lowest BCUT2D eigenvalue weighted by Gasteiger charge is -2.54. The first-order valence-corrected chi connectivity index (χ1v) is 4.97. The fourth-order valence-corrected chi connectivity index (χ4v) is 2.20. The Bertz CT molecular complexity index is 163. The second-order valence-corrected chi connectivity index (χ2v) is 5.23. The molecule has 0 spiro atoms. The molecule has 1 fully saturated rings. The van der Waals surface area contributed by atoms with E-state index in [9.17, 15) is 0 Å². The predicted molar refractivity (Wildman–Crippen MR) is 53.8 cm³/mol. The fraction of sp³-hybridized carbons (Fsp3) is 1.00. The minimum atomic E-state index is 0.318. The van der Waals surface area contributed by atoms with Crippen LogP contribution in [0.25, 0.3) is 0 Å². The van der Waals surface area contributed by atoms with Gasteiger partial charge >= 0.3 is 0 Å². The highest BCUT2D eigenvalue weighted by Gasteiger charge is 2.51. The third kappa shape index (κ3) is 1.89. The summed E-state index contributed by atoms with van der Waals surface area (Å²) in [6.45, 7) is 7.73. The van der Waals surface area contributed by atoms with E-state index in [-0.39, 0.29) is 0 Å². The summed E-state index contributed by atoms with van der Waals surface area (Å²) >= 11 is 0. The van der Waals surface area contributed by atoms with Crippen LogP contribution in [-0.2, 0) is 9.47 Å². The zero-order valence-corrected chi connectivity index (χ0v) is 9.52. The summed E-state index contributed by atoms with van der Waals surface area (Å²) in [6.07, 6.45) is 2.73. The number of rotatable bonds is 3. The number of hydrogen-bond acceptors (Lipinski definition) is 2. The average molecular weight is 186 g/mol. The van der Waals surface area contributed by atoms with Gasteiger partial charge in [-0.15, -0.1) is 0 Å². The van der Waals surface area contributed by atoms with Gasteiger partial charge in [0.25, 0.3) is 0 Å². The van der Waals surface area contributed by atoms with Crippen LogP contribution in [0, 0.1) is 10.8 Å². The van der Waals surface area contributed by atoms with Gasteiger partial charge in [0.15, 0.2) is 0 Å². The molecule has 0 atom stereocenters. The van der Waals surface area contributed by atoms with E-state index in [0.29, 0.717) is 16.9 Å². The first-order chi connectivity index (χ1) is 5.95. The largest absolute Gasteiger partial charge is 0.384 e. The highest BCUT2D eigenvalue weighted by molar-refractivity contribution is 5.01. The molecule has 0 aliphatic heterocycles. The molecule has 0 bridgehead atoms. The highest BCUT2D eigenvalue weighted by Crippen LogP contribution is 2.54. The Hall–Kier alpha value is -0.0800. The second kappa shape index (κ2) is 3.58. The summed E-state index contributed by atoms with van der Waals surface area (Å²) < 4.78 is 10.6. The zero-order chi connectivity index (χ0) is 10.1. The van der Waals surface area contributed by atoms with Crippen molar-refractivity contribution in [2.24, 2.45) is 10.8 Å². The topological polar surface area (TPSA) is 18.5 Å². The molecule has 0 radical (unpaired) electrons. The molecule has 0 unspecified atom stereocenters. The van der Waals surface area contributed by atoms with Crippen molar-refractivity contribution in [1.29, 1.82) is 0 Å². The van der Waals surface area contributed by atoms with Crippen LogP contribution in [0.4, 0.5) is 0 Å². The van der Waals surface area contributed by atoms with E-state index in [1.165, 1.54) is 0 Å². The zero-order valence-electron chi connectivity index (χ0n) is 9.52. The lowest BCUT2D eigenvalue weighted by molar-refractivity contribution is -0.146. The molecule has 0 aromatic carbocycles. The van der Waals surface area contributed by atoms with E-state index >= 15 is 0 Å². The molecule has 0 heterocycles. The third-order valence-electron chi connectivity index (χ3n) is 3.58. The van der Waals surface area contributed by atoms with E-state index in [1.54, 1.807) is 14.2 Å². The van der Waals surface area contributed by atoms with Gasteiger partial charge in [0.2, 0.25) is 0 Å². The molecule has 13 heavy (non-hydrogen) atoms. The number of methoxy groups -OCH3 is 2. The quantitative estimate of drug-likeness (QED) is 0.674. The summed E-state index contributed by atoms with van der Waals surface area (Å²) in [4.78, 5) is 0. The van der Waals surface area contributed by atoms with Gasteiger partial charge in [0.1, 0.15) is 0 Å². The standard InChI is InChI=1S/C11H22O2/c1-10(2,3)11(8-12-4)6-9(7-11)13-5/h9H,6-8H2,1-5H3. The lowest BCUT2D eigenvalue weighted by Crippen LogP contribution is -2.53. The third-order valence-corrected chi connectivity index (χ3v) is 3.58. The normalized spacial score (nSPS) is 34.4.